The van der Waals surface area contributed by atoms with Gasteiger partial charge in [0, 0.05) is 19.3 Å². The van der Waals surface area contributed by atoms with Gasteiger partial charge >= 0.3 is 12.1 Å². The quantitative estimate of drug-likeness (QED) is 0.498. The van der Waals surface area contributed by atoms with Crippen LogP contribution in [0.3, 0.4) is 0 Å². The monoisotopic (exact) mass is 455 g/mol. The minimum atomic E-state index is -4.49. The second kappa shape index (κ2) is 8.39. The average molecular weight is 456 g/mol. The van der Waals surface area contributed by atoms with Gasteiger partial charge in [-0.2, -0.15) is 13.2 Å². The molecule has 3 aromatic rings. The van der Waals surface area contributed by atoms with E-state index in [4.69, 9.17) is 16.3 Å². The zero-order valence-corrected chi connectivity index (χ0v) is 17.2. The second-order valence-corrected chi connectivity index (χ2v) is 8.49. The molecule has 0 spiro atoms. The van der Waals surface area contributed by atoms with E-state index < -0.39 is 11.7 Å². The van der Waals surface area contributed by atoms with Crippen molar-refractivity contribution in [2.45, 2.75) is 25.6 Å². The predicted molar refractivity (Wildman–Crippen MR) is 109 cm³/mol. The van der Waals surface area contributed by atoms with Crippen LogP contribution in [0.25, 0.3) is 10.2 Å². The summed E-state index contributed by atoms with van der Waals surface area (Å²) in [5.41, 5.74) is -0.00709. The van der Waals surface area contributed by atoms with Gasteiger partial charge < -0.3 is 9.64 Å². The number of aromatic nitrogens is 2. The lowest BCUT2D eigenvalue weighted by Crippen LogP contribution is -2.37. The number of benzene rings is 1. The number of nitrogens with zero attached hydrogens (tertiary/aromatic N) is 3. The van der Waals surface area contributed by atoms with Crippen molar-refractivity contribution in [2.24, 2.45) is 5.92 Å². The van der Waals surface area contributed by atoms with Crippen LogP contribution in [0.5, 0.6) is 0 Å². The number of pyridine rings is 1. The van der Waals surface area contributed by atoms with Gasteiger partial charge in [0.1, 0.15) is 17.4 Å². The molecule has 0 atom stereocenters. The van der Waals surface area contributed by atoms with E-state index in [9.17, 15) is 18.0 Å². The first-order chi connectivity index (χ1) is 14.3. The van der Waals surface area contributed by atoms with Gasteiger partial charge in [0.05, 0.1) is 26.7 Å². The molecule has 1 saturated heterocycles. The fourth-order valence-corrected chi connectivity index (χ4v) is 4.54. The number of thiazole rings is 1. The van der Waals surface area contributed by atoms with Gasteiger partial charge in [0.2, 0.25) is 0 Å². The summed E-state index contributed by atoms with van der Waals surface area (Å²) in [4.78, 5) is 22.5. The molecule has 0 unspecified atom stereocenters. The molecule has 1 aromatic carbocycles. The first-order valence-corrected chi connectivity index (χ1v) is 10.5. The Bertz CT molecular complexity index is 1030. The van der Waals surface area contributed by atoms with Gasteiger partial charge in [-0.1, -0.05) is 23.7 Å². The molecular formula is C20H17ClF3N3O2S. The average Bonchev–Trinajstić information content (AvgIpc) is 3.14. The molecule has 30 heavy (non-hydrogen) atoms. The van der Waals surface area contributed by atoms with E-state index >= 15 is 0 Å². The van der Waals surface area contributed by atoms with Crippen molar-refractivity contribution in [3.8, 4) is 0 Å². The van der Waals surface area contributed by atoms with E-state index in [-0.39, 0.29) is 23.5 Å². The molecule has 1 aliphatic heterocycles. The molecule has 0 saturated carbocycles. The largest absolute Gasteiger partial charge is 0.458 e. The van der Waals surface area contributed by atoms with E-state index in [0.29, 0.717) is 31.7 Å². The number of esters is 1. The van der Waals surface area contributed by atoms with Gasteiger partial charge in [-0.15, -0.1) is 11.3 Å². The molecule has 1 fully saturated rings. The molecule has 0 amide bonds. The number of anilines is 1. The number of hydrogen-bond donors (Lipinski definition) is 0. The number of halogens is 4. The van der Waals surface area contributed by atoms with Gasteiger partial charge in [0.25, 0.3) is 0 Å². The van der Waals surface area contributed by atoms with Crippen LogP contribution in [-0.4, -0.2) is 29.0 Å². The maximum absolute atomic E-state index is 12.8. The first-order valence-electron chi connectivity index (χ1n) is 9.30. The van der Waals surface area contributed by atoms with E-state index in [2.05, 4.69) is 9.97 Å². The Morgan fingerprint density at radius 1 is 1.27 bits per heavy atom. The number of para-hydroxylation sites is 1. The summed E-state index contributed by atoms with van der Waals surface area (Å²) in [5, 5.41) is 0.685. The highest BCUT2D eigenvalue weighted by atomic mass is 35.5. The van der Waals surface area contributed by atoms with Crippen molar-refractivity contribution >= 4 is 44.9 Å². The lowest BCUT2D eigenvalue weighted by Gasteiger charge is -2.32. The Hall–Kier alpha value is -2.39. The van der Waals surface area contributed by atoms with Crippen molar-refractivity contribution < 1.29 is 22.7 Å². The summed E-state index contributed by atoms with van der Waals surface area (Å²) >= 11 is 7.51. The lowest BCUT2D eigenvalue weighted by atomic mass is 9.97. The van der Waals surface area contributed by atoms with Crippen LogP contribution in [-0.2, 0) is 22.3 Å². The Balaban J connectivity index is 1.32. The molecule has 5 nitrogen and oxygen atoms in total. The van der Waals surface area contributed by atoms with E-state index in [1.165, 1.54) is 11.3 Å². The minimum Gasteiger partial charge on any atom is -0.458 e. The zero-order chi connectivity index (χ0) is 21.3. The number of fused-ring (bicyclic) bond motifs is 1. The molecule has 10 heteroatoms. The van der Waals surface area contributed by atoms with Crippen LogP contribution in [0.2, 0.25) is 5.02 Å². The molecule has 4 rings (SSSR count). The fraction of sp³-hybridized carbons (Fsp3) is 0.350. The highest BCUT2D eigenvalue weighted by Crippen LogP contribution is 2.34. The molecule has 158 valence electrons. The van der Waals surface area contributed by atoms with Gasteiger partial charge in [0.15, 0.2) is 0 Å². The molecule has 2 aromatic heterocycles. The molecule has 0 N–H and O–H groups in total. The van der Waals surface area contributed by atoms with Crippen LogP contribution in [0.15, 0.2) is 36.5 Å². The van der Waals surface area contributed by atoms with Gasteiger partial charge in [-0.25, -0.2) is 9.97 Å². The minimum absolute atomic E-state index is 0.0540. The van der Waals surface area contributed by atoms with Crippen LogP contribution in [0.4, 0.5) is 19.0 Å². The highest BCUT2D eigenvalue weighted by Gasteiger charge is 2.33. The third-order valence-corrected chi connectivity index (χ3v) is 6.24. The zero-order valence-electron chi connectivity index (χ0n) is 15.7. The van der Waals surface area contributed by atoms with Crippen molar-refractivity contribution in [1.82, 2.24) is 9.97 Å². The van der Waals surface area contributed by atoms with Crippen molar-refractivity contribution in [3.63, 3.8) is 0 Å². The summed E-state index contributed by atoms with van der Waals surface area (Å²) in [7, 11) is 0. The molecule has 0 aliphatic carbocycles. The fourth-order valence-electron chi connectivity index (χ4n) is 3.38. The number of carbonyl (C=O) groups is 1. The predicted octanol–water partition coefficient (Wildman–Crippen LogP) is 5.32. The van der Waals surface area contributed by atoms with Crippen LogP contribution < -0.4 is 4.90 Å². The lowest BCUT2D eigenvalue weighted by molar-refractivity contribution is -0.150. The van der Waals surface area contributed by atoms with Gasteiger partial charge in [-0.3, -0.25) is 4.79 Å². The summed E-state index contributed by atoms with van der Waals surface area (Å²) in [6.45, 7) is 1.04. The molecule has 0 bridgehead atoms. The number of carbonyl (C=O) groups excluding carboxylic acids is 1. The number of rotatable bonds is 4. The Labute approximate surface area is 179 Å². The van der Waals surface area contributed by atoms with Gasteiger partial charge in [-0.05, 0) is 31.0 Å². The summed E-state index contributed by atoms with van der Waals surface area (Å²) in [6.07, 6.45) is -2.69. The molecule has 1 aliphatic rings. The second-order valence-electron chi connectivity index (χ2n) is 6.97. The summed E-state index contributed by atoms with van der Waals surface area (Å²) in [5.74, 6) is -0.268. The molecule has 0 radical (unpaired) electrons. The SMILES string of the molecule is O=C(OCc1nc2ccccc2s1)C1CCN(c2ncc(C(F)(F)F)cc2Cl)CC1. The third kappa shape index (κ3) is 4.52. The summed E-state index contributed by atoms with van der Waals surface area (Å²) in [6, 6.07) is 8.59. The van der Waals surface area contributed by atoms with Crippen molar-refractivity contribution in [3.05, 3.63) is 52.1 Å². The standard InChI is InChI=1S/C20H17ClF3N3O2S/c21-14-9-13(20(22,23)24)10-25-18(14)27-7-5-12(6-8-27)19(28)29-11-17-26-15-3-1-2-4-16(15)30-17/h1-4,9-10,12H,5-8,11H2. The van der Waals surface area contributed by atoms with Crippen molar-refractivity contribution in [2.75, 3.05) is 18.0 Å². The molecule has 3 heterocycles. The summed E-state index contributed by atoms with van der Waals surface area (Å²) < 4.78 is 44.8. The van der Waals surface area contributed by atoms with Crippen LogP contribution in [0.1, 0.15) is 23.4 Å². The molecular weight excluding hydrogens is 439 g/mol. The van der Waals surface area contributed by atoms with E-state index in [1.54, 1.807) is 4.90 Å². The number of alkyl halides is 3. The topological polar surface area (TPSA) is 55.3 Å². The van der Waals surface area contributed by atoms with Crippen molar-refractivity contribution in [1.29, 1.82) is 0 Å². The maximum Gasteiger partial charge on any atom is 0.417 e. The normalized spacial score (nSPS) is 15.5. The number of hydrogen-bond acceptors (Lipinski definition) is 6. The highest BCUT2D eigenvalue weighted by molar-refractivity contribution is 7.18. The van der Waals surface area contributed by atoms with E-state index in [1.807, 2.05) is 24.3 Å². The van der Waals surface area contributed by atoms with Crippen LogP contribution in [0, 0.1) is 5.92 Å². The van der Waals surface area contributed by atoms with E-state index in [0.717, 1.165) is 27.5 Å². The third-order valence-electron chi connectivity index (χ3n) is 4.95. The Morgan fingerprint density at radius 3 is 2.67 bits per heavy atom. The maximum atomic E-state index is 12.8. The smallest absolute Gasteiger partial charge is 0.417 e. The number of piperidine rings is 1. The van der Waals surface area contributed by atoms with Crippen LogP contribution >= 0.6 is 22.9 Å². The Morgan fingerprint density at radius 2 is 2.00 bits per heavy atom. The number of ether oxygens (including phenoxy) is 1. The first kappa shape index (κ1) is 20.9. The Kier molecular flexibility index (Phi) is 5.84.